The Bertz CT molecular complexity index is 497. The molecule has 1 aromatic heterocycles. The van der Waals surface area contributed by atoms with Crippen LogP contribution in [-0.4, -0.2) is 32.1 Å². The van der Waals surface area contributed by atoms with E-state index in [1.807, 2.05) is 20.9 Å². The molecule has 1 aromatic rings. The first-order valence-electron chi connectivity index (χ1n) is 7.28. The fourth-order valence-electron chi connectivity index (χ4n) is 2.13. The van der Waals surface area contributed by atoms with Crippen molar-refractivity contribution in [2.24, 2.45) is 0 Å². The van der Waals surface area contributed by atoms with Gasteiger partial charge < -0.3 is 15.4 Å². The molecular weight excluding hydrogens is 288 g/mol. The lowest BCUT2D eigenvalue weighted by atomic mass is 10.1. The van der Waals surface area contributed by atoms with Gasteiger partial charge in [0.1, 0.15) is 5.00 Å². The summed E-state index contributed by atoms with van der Waals surface area (Å²) in [5.74, 6) is -0.427. The highest BCUT2D eigenvalue weighted by atomic mass is 32.1. The maximum absolute atomic E-state index is 12.1. The number of thiophene rings is 1. The molecule has 0 aliphatic heterocycles. The van der Waals surface area contributed by atoms with Gasteiger partial charge in [-0.05, 0) is 45.8 Å². The van der Waals surface area contributed by atoms with Crippen LogP contribution in [0.4, 0.5) is 5.00 Å². The van der Waals surface area contributed by atoms with Crippen molar-refractivity contribution in [2.75, 3.05) is 25.5 Å². The number of anilines is 1. The first kappa shape index (κ1) is 17.7. The average molecular weight is 312 g/mol. The van der Waals surface area contributed by atoms with Crippen LogP contribution in [0.1, 0.15) is 47.5 Å². The second kappa shape index (κ2) is 8.79. The molecule has 0 fully saturated rings. The monoisotopic (exact) mass is 312 g/mol. The van der Waals surface area contributed by atoms with Crippen LogP contribution in [0.5, 0.6) is 0 Å². The van der Waals surface area contributed by atoms with E-state index in [9.17, 15) is 9.59 Å². The number of ether oxygens (including phenoxy) is 1. The zero-order valence-corrected chi connectivity index (χ0v) is 14.0. The zero-order chi connectivity index (χ0) is 15.8. The third-order valence-corrected chi connectivity index (χ3v) is 4.19. The summed E-state index contributed by atoms with van der Waals surface area (Å²) < 4.78 is 5.11. The molecule has 5 nitrogen and oxygen atoms in total. The van der Waals surface area contributed by atoms with E-state index in [2.05, 4.69) is 10.6 Å². The fourth-order valence-corrected chi connectivity index (χ4v) is 3.28. The Morgan fingerprint density at radius 2 is 2.00 bits per heavy atom. The molecule has 1 rings (SSSR count). The van der Waals surface area contributed by atoms with Gasteiger partial charge in [-0.25, -0.2) is 4.79 Å². The van der Waals surface area contributed by atoms with Crippen LogP contribution in [0.15, 0.2) is 0 Å². The van der Waals surface area contributed by atoms with Crippen LogP contribution in [-0.2, 0) is 16.0 Å². The van der Waals surface area contributed by atoms with Crippen molar-refractivity contribution in [3.63, 3.8) is 0 Å². The molecule has 1 heterocycles. The standard InChI is InChI=1S/C15H24N2O3S/c1-5-11-10(3)21-14(13(11)15(19)20-6-2)17-12(18)8-7-9-16-4/h16H,5-9H2,1-4H3,(H,17,18). The van der Waals surface area contributed by atoms with E-state index in [-0.39, 0.29) is 11.9 Å². The zero-order valence-electron chi connectivity index (χ0n) is 13.2. The molecule has 118 valence electrons. The van der Waals surface area contributed by atoms with Gasteiger partial charge in [0, 0.05) is 11.3 Å². The van der Waals surface area contributed by atoms with Crippen molar-refractivity contribution in [2.45, 2.75) is 40.0 Å². The molecule has 2 N–H and O–H groups in total. The molecule has 0 radical (unpaired) electrons. The predicted octanol–water partition coefficient (Wildman–Crippen LogP) is 2.73. The van der Waals surface area contributed by atoms with Gasteiger partial charge in [-0.3, -0.25) is 4.79 Å². The summed E-state index contributed by atoms with van der Waals surface area (Å²) in [4.78, 5) is 25.1. The number of aryl methyl sites for hydroxylation is 1. The molecule has 0 aliphatic carbocycles. The third kappa shape index (κ3) is 4.82. The van der Waals surface area contributed by atoms with E-state index in [4.69, 9.17) is 4.74 Å². The number of carbonyl (C=O) groups excluding carboxylic acids is 2. The van der Waals surface area contributed by atoms with Crippen LogP contribution < -0.4 is 10.6 Å². The summed E-state index contributed by atoms with van der Waals surface area (Å²) >= 11 is 1.44. The Kier molecular flexibility index (Phi) is 7.39. The van der Waals surface area contributed by atoms with Gasteiger partial charge in [-0.2, -0.15) is 0 Å². The minimum Gasteiger partial charge on any atom is -0.462 e. The van der Waals surface area contributed by atoms with Gasteiger partial charge in [0.15, 0.2) is 0 Å². The molecule has 0 aliphatic rings. The molecular formula is C15H24N2O3S. The predicted molar refractivity (Wildman–Crippen MR) is 86.2 cm³/mol. The van der Waals surface area contributed by atoms with E-state index in [0.717, 1.165) is 29.8 Å². The molecule has 0 spiro atoms. The lowest BCUT2D eigenvalue weighted by Gasteiger charge is -2.08. The third-order valence-electron chi connectivity index (χ3n) is 3.13. The second-order valence-electron chi connectivity index (χ2n) is 4.67. The van der Waals surface area contributed by atoms with Gasteiger partial charge in [-0.1, -0.05) is 6.92 Å². The van der Waals surface area contributed by atoms with E-state index in [1.165, 1.54) is 11.3 Å². The fraction of sp³-hybridized carbons (Fsp3) is 0.600. The van der Waals surface area contributed by atoms with Crippen LogP contribution in [0, 0.1) is 6.92 Å². The SMILES string of the molecule is CCOC(=O)c1c(NC(=O)CCCNC)sc(C)c1CC. The number of carbonyl (C=O) groups is 2. The Morgan fingerprint density at radius 1 is 1.29 bits per heavy atom. The van der Waals surface area contributed by atoms with Crippen LogP contribution in [0.25, 0.3) is 0 Å². The average Bonchev–Trinajstić information content (AvgIpc) is 2.74. The first-order valence-corrected chi connectivity index (χ1v) is 8.10. The van der Waals surface area contributed by atoms with Crippen molar-refractivity contribution >= 4 is 28.2 Å². The number of rotatable bonds is 8. The van der Waals surface area contributed by atoms with E-state index in [0.29, 0.717) is 23.6 Å². The Morgan fingerprint density at radius 3 is 2.57 bits per heavy atom. The molecule has 0 unspecified atom stereocenters. The van der Waals surface area contributed by atoms with Crippen molar-refractivity contribution in [1.82, 2.24) is 5.32 Å². The van der Waals surface area contributed by atoms with E-state index < -0.39 is 0 Å². The van der Waals surface area contributed by atoms with Gasteiger partial charge in [0.2, 0.25) is 5.91 Å². The number of nitrogens with one attached hydrogen (secondary N) is 2. The Hall–Kier alpha value is -1.40. The topological polar surface area (TPSA) is 67.4 Å². The number of amides is 1. The Labute approximate surface area is 130 Å². The van der Waals surface area contributed by atoms with Gasteiger partial charge in [0.05, 0.1) is 12.2 Å². The summed E-state index contributed by atoms with van der Waals surface area (Å²) in [6.07, 6.45) is 1.94. The van der Waals surface area contributed by atoms with Gasteiger partial charge in [0.25, 0.3) is 0 Å². The summed E-state index contributed by atoms with van der Waals surface area (Å²) in [5.41, 5.74) is 1.48. The number of esters is 1. The van der Waals surface area contributed by atoms with Crippen LogP contribution in [0.2, 0.25) is 0 Å². The molecule has 1 amide bonds. The van der Waals surface area contributed by atoms with Crippen LogP contribution >= 0.6 is 11.3 Å². The summed E-state index contributed by atoms with van der Waals surface area (Å²) in [7, 11) is 1.85. The highest BCUT2D eigenvalue weighted by molar-refractivity contribution is 7.16. The molecule has 6 heteroatoms. The molecule has 0 saturated carbocycles. The molecule has 21 heavy (non-hydrogen) atoms. The maximum Gasteiger partial charge on any atom is 0.341 e. The van der Waals surface area contributed by atoms with E-state index >= 15 is 0 Å². The smallest absolute Gasteiger partial charge is 0.341 e. The maximum atomic E-state index is 12.1. The summed E-state index contributed by atoms with van der Waals surface area (Å²) in [5, 5.41) is 6.47. The summed E-state index contributed by atoms with van der Waals surface area (Å²) in [6.45, 7) is 6.85. The number of hydrogen-bond donors (Lipinski definition) is 2. The minimum atomic E-state index is -0.357. The highest BCUT2D eigenvalue weighted by Gasteiger charge is 2.23. The molecule has 0 atom stereocenters. The second-order valence-corrected chi connectivity index (χ2v) is 5.89. The lowest BCUT2D eigenvalue weighted by molar-refractivity contribution is -0.116. The van der Waals surface area contributed by atoms with Gasteiger partial charge in [-0.15, -0.1) is 11.3 Å². The quantitative estimate of drug-likeness (QED) is 0.572. The van der Waals surface area contributed by atoms with Crippen molar-refractivity contribution in [3.8, 4) is 0 Å². The summed E-state index contributed by atoms with van der Waals surface area (Å²) in [6, 6.07) is 0. The van der Waals surface area contributed by atoms with Crippen molar-refractivity contribution in [3.05, 3.63) is 16.0 Å². The molecule has 0 bridgehead atoms. The van der Waals surface area contributed by atoms with E-state index in [1.54, 1.807) is 6.92 Å². The Balaban J connectivity index is 2.90. The van der Waals surface area contributed by atoms with Crippen molar-refractivity contribution < 1.29 is 14.3 Å². The van der Waals surface area contributed by atoms with Crippen LogP contribution in [0.3, 0.4) is 0 Å². The number of hydrogen-bond acceptors (Lipinski definition) is 5. The first-order chi connectivity index (χ1) is 10.0. The molecule has 0 saturated heterocycles. The normalized spacial score (nSPS) is 10.5. The lowest BCUT2D eigenvalue weighted by Crippen LogP contribution is -2.17. The minimum absolute atomic E-state index is 0.0697. The largest absolute Gasteiger partial charge is 0.462 e. The van der Waals surface area contributed by atoms with Crippen molar-refractivity contribution in [1.29, 1.82) is 0 Å². The highest BCUT2D eigenvalue weighted by Crippen LogP contribution is 2.34. The van der Waals surface area contributed by atoms with Gasteiger partial charge >= 0.3 is 5.97 Å². The molecule has 0 aromatic carbocycles.